The average Bonchev–Trinajstić information content (AvgIpc) is 2.58. The van der Waals surface area contributed by atoms with E-state index in [1.165, 1.54) is 5.56 Å². The summed E-state index contributed by atoms with van der Waals surface area (Å²) in [5.41, 5.74) is 4.62. The molecule has 0 aliphatic carbocycles. The van der Waals surface area contributed by atoms with Crippen LogP contribution in [0.25, 0.3) is 0 Å². The topological polar surface area (TPSA) is 38.3 Å². The zero-order chi connectivity index (χ0) is 17.7. The van der Waals surface area contributed by atoms with E-state index in [1.807, 2.05) is 39.0 Å². The second-order valence-electron chi connectivity index (χ2n) is 6.28. The smallest absolute Gasteiger partial charge is 0.261 e. The number of nitrogens with one attached hydrogen (secondary N) is 1. The van der Waals surface area contributed by atoms with E-state index in [4.69, 9.17) is 4.74 Å². The molecule has 1 amide bonds. The van der Waals surface area contributed by atoms with Crippen LogP contribution in [0.2, 0.25) is 0 Å². The lowest BCUT2D eigenvalue weighted by Crippen LogP contribution is -2.37. The molecule has 0 saturated heterocycles. The first-order valence-electron chi connectivity index (χ1n) is 8.54. The van der Waals surface area contributed by atoms with Crippen LogP contribution >= 0.6 is 0 Å². The van der Waals surface area contributed by atoms with Gasteiger partial charge in [-0.25, -0.2) is 0 Å². The fourth-order valence-corrected chi connectivity index (χ4v) is 2.55. The molecule has 0 aliphatic rings. The van der Waals surface area contributed by atoms with Crippen LogP contribution in [0.15, 0.2) is 42.5 Å². The molecule has 0 aromatic heterocycles. The molecule has 2 rings (SSSR count). The zero-order valence-electron chi connectivity index (χ0n) is 15.2. The number of hydrogen-bond acceptors (Lipinski definition) is 2. The lowest BCUT2D eigenvalue weighted by atomic mass is 10.0. The Hall–Kier alpha value is -2.29. The quantitative estimate of drug-likeness (QED) is 0.848. The van der Waals surface area contributed by atoms with Crippen LogP contribution in [0.5, 0.6) is 5.75 Å². The molecule has 0 bridgehead atoms. The van der Waals surface area contributed by atoms with E-state index >= 15 is 0 Å². The summed E-state index contributed by atoms with van der Waals surface area (Å²) >= 11 is 0. The number of hydrogen-bond donors (Lipinski definition) is 1. The molecule has 0 aliphatic heterocycles. The molecule has 0 unspecified atom stereocenters. The van der Waals surface area contributed by atoms with Gasteiger partial charge in [-0.15, -0.1) is 0 Å². The minimum atomic E-state index is -0.539. The van der Waals surface area contributed by atoms with E-state index in [9.17, 15) is 4.79 Å². The minimum absolute atomic E-state index is 0.0481. The van der Waals surface area contributed by atoms with E-state index in [2.05, 4.69) is 36.5 Å². The molecule has 1 N–H and O–H groups in total. The second kappa shape index (κ2) is 8.00. The van der Waals surface area contributed by atoms with E-state index in [-0.39, 0.29) is 11.9 Å². The SMILES string of the molecule is CCc1ccc([C@@H](C)NC(=O)[C@@H](C)Oc2cccc(C)c2C)cc1. The van der Waals surface area contributed by atoms with E-state index < -0.39 is 6.10 Å². The fraction of sp³-hybridized carbons (Fsp3) is 0.381. The molecule has 0 spiro atoms. The minimum Gasteiger partial charge on any atom is -0.481 e. The molecule has 2 aromatic rings. The molecule has 2 atom stereocenters. The highest BCUT2D eigenvalue weighted by molar-refractivity contribution is 5.81. The fourth-order valence-electron chi connectivity index (χ4n) is 2.55. The van der Waals surface area contributed by atoms with Crippen molar-refractivity contribution in [2.24, 2.45) is 0 Å². The van der Waals surface area contributed by atoms with Crippen molar-refractivity contribution in [3.05, 3.63) is 64.7 Å². The molecule has 2 aromatic carbocycles. The van der Waals surface area contributed by atoms with Gasteiger partial charge in [-0.2, -0.15) is 0 Å². The van der Waals surface area contributed by atoms with Crippen molar-refractivity contribution in [2.75, 3.05) is 0 Å². The van der Waals surface area contributed by atoms with Crippen molar-refractivity contribution in [3.63, 3.8) is 0 Å². The molecule has 3 nitrogen and oxygen atoms in total. The molecular formula is C21H27NO2. The van der Waals surface area contributed by atoms with Gasteiger partial charge in [-0.3, -0.25) is 4.79 Å². The van der Waals surface area contributed by atoms with Gasteiger partial charge in [-0.1, -0.05) is 43.3 Å². The highest BCUT2D eigenvalue weighted by Gasteiger charge is 2.18. The predicted octanol–water partition coefficient (Wildman–Crippen LogP) is 4.51. The number of carbonyl (C=O) groups is 1. The molecule has 24 heavy (non-hydrogen) atoms. The first kappa shape index (κ1) is 18.1. The van der Waals surface area contributed by atoms with Gasteiger partial charge in [0.25, 0.3) is 5.91 Å². The van der Waals surface area contributed by atoms with Gasteiger partial charge in [-0.05, 0) is 62.4 Å². The van der Waals surface area contributed by atoms with Crippen molar-refractivity contribution in [1.29, 1.82) is 0 Å². The summed E-state index contributed by atoms with van der Waals surface area (Å²) in [5, 5.41) is 3.02. The molecule has 3 heteroatoms. The van der Waals surface area contributed by atoms with Crippen LogP contribution in [0.3, 0.4) is 0 Å². The van der Waals surface area contributed by atoms with Gasteiger partial charge in [0, 0.05) is 0 Å². The third kappa shape index (κ3) is 4.38. The molecule has 0 saturated carbocycles. The summed E-state index contributed by atoms with van der Waals surface area (Å²) in [6.07, 6.45) is 0.477. The second-order valence-corrected chi connectivity index (χ2v) is 6.28. The Morgan fingerprint density at radius 1 is 1.08 bits per heavy atom. The van der Waals surface area contributed by atoms with Crippen LogP contribution in [0, 0.1) is 13.8 Å². The first-order chi connectivity index (χ1) is 11.4. The first-order valence-corrected chi connectivity index (χ1v) is 8.54. The van der Waals surface area contributed by atoms with Crippen molar-refractivity contribution >= 4 is 5.91 Å². The Morgan fingerprint density at radius 2 is 1.75 bits per heavy atom. The normalized spacial score (nSPS) is 13.2. The highest BCUT2D eigenvalue weighted by atomic mass is 16.5. The van der Waals surface area contributed by atoms with Gasteiger partial charge in [0.2, 0.25) is 0 Å². The van der Waals surface area contributed by atoms with Crippen molar-refractivity contribution in [3.8, 4) is 5.75 Å². The summed E-state index contributed by atoms with van der Waals surface area (Å²) in [5.74, 6) is 0.653. The molecule has 0 fully saturated rings. The van der Waals surface area contributed by atoms with E-state index in [0.717, 1.165) is 28.9 Å². The van der Waals surface area contributed by atoms with Gasteiger partial charge >= 0.3 is 0 Å². The molecule has 0 radical (unpaired) electrons. The van der Waals surface area contributed by atoms with E-state index in [1.54, 1.807) is 6.92 Å². The largest absolute Gasteiger partial charge is 0.481 e. The Bertz CT molecular complexity index is 691. The average molecular weight is 325 g/mol. The highest BCUT2D eigenvalue weighted by Crippen LogP contribution is 2.22. The lowest BCUT2D eigenvalue weighted by molar-refractivity contribution is -0.127. The number of ether oxygens (including phenoxy) is 1. The standard InChI is InChI=1S/C21H27NO2/c1-6-18-10-12-19(13-11-18)16(4)22-21(23)17(5)24-20-9-7-8-14(2)15(20)3/h7-13,16-17H,6H2,1-5H3,(H,22,23)/t16-,17-/m1/s1. The maximum atomic E-state index is 12.4. The Morgan fingerprint density at radius 3 is 2.38 bits per heavy atom. The van der Waals surface area contributed by atoms with Gasteiger partial charge in [0.15, 0.2) is 6.10 Å². The monoisotopic (exact) mass is 325 g/mol. The maximum Gasteiger partial charge on any atom is 0.261 e. The number of amides is 1. The van der Waals surface area contributed by atoms with Crippen LogP contribution in [0.1, 0.15) is 49.1 Å². The number of aryl methyl sites for hydroxylation is 2. The summed E-state index contributed by atoms with van der Waals surface area (Å²) in [6, 6.07) is 14.2. The molecule has 128 valence electrons. The van der Waals surface area contributed by atoms with Crippen LogP contribution in [0.4, 0.5) is 0 Å². The Balaban J connectivity index is 1.98. The van der Waals surface area contributed by atoms with Gasteiger partial charge < -0.3 is 10.1 Å². The number of benzene rings is 2. The Labute approximate surface area is 145 Å². The van der Waals surface area contributed by atoms with Crippen molar-refractivity contribution in [1.82, 2.24) is 5.32 Å². The maximum absolute atomic E-state index is 12.4. The number of carbonyl (C=O) groups excluding carboxylic acids is 1. The molecule has 0 heterocycles. The lowest BCUT2D eigenvalue weighted by Gasteiger charge is -2.20. The summed E-state index contributed by atoms with van der Waals surface area (Å²) in [4.78, 5) is 12.4. The van der Waals surface area contributed by atoms with Crippen molar-refractivity contribution < 1.29 is 9.53 Å². The van der Waals surface area contributed by atoms with Crippen LogP contribution in [-0.2, 0) is 11.2 Å². The van der Waals surface area contributed by atoms with Crippen LogP contribution in [-0.4, -0.2) is 12.0 Å². The summed E-state index contributed by atoms with van der Waals surface area (Å²) in [7, 11) is 0. The Kier molecular flexibility index (Phi) is 6.02. The summed E-state index contributed by atoms with van der Waals surface area (Å²) < 4.78 is 5.85. The van der Waals surface area contributed by atoms with Crippen molar-refractivity contribution in [2.45, 2.75) is 53.2 Å². The number of rotatable bonds is 6. The van der Waals surface area contributed by atoms with Crippen LogP contribution < -0.4 is 10.1 Å². The third-order valence-electron chi connectivity index (χ3n) is 4.47. The zero-order valence-corrected chi connectivity index (χ0v) is 15.2. The van der Waals surface area contributed by atoms with Gasteiger partial charge in [0.1, 0.15) is 5.75 Å². The van der Waals surface area contributed by atoms with Gasteiger partial charge in [0.05, 0.1) is 6.04 Å². The third-order valence-corrected chi connectivity index (χ3v) is 4.47. The predicted molar refractivity (Wildman–Crippen MR) is 98.4 cm³/mol. The summed E-state index contributed by atoms with van der Waals surface area (Å²) in [6.45, 7) is 9.95. The van der Waals surface area contributed by atoms with E-state index in [0.29, 0.717) is 0 Å². The molecular weight excluding hydrogens is 298 g/mol.